The number of thioether (sulfide) groups is 1. The van der Waals surface area contributed by atoms with Gasteiger partial charge in [-0.25, -0.2) is 4.98 Å². The van der Waals surface area contributed by atoms with E-state index < -0.39 is 0 Å². The molecule has 178 valence electrons. The van der Waals surface area contributed by atoms with Crippen LogP contribution in [0.25, 0.3) is 22.6 Å². The molecule has 7 heteroatoms. The average molecular weight is 485 g/mol. The molecule has 6 nitrogen and oxygen atoms in total. The molecule has 0 spiro atoms. The van der Waals surface area contributed by atoms with Crippen molar-refractivity contribution in [3.8, 4) is 41.0 Å². The van der Waals surface area contributed by atoms with Crippen LogP contribution in [-0.4, -0.2) is 33.6 Å². The first kappa shape index (κ1) is 24.6. The van der Waals surface area contributed by atoms with E-state index in [1.165, 1.54) is 0 Å². The van der Waals surface area contributed by atoms with Crippen LogP contribution in [-0.2, 0) is 0 Å². The second-order valence-corrected chi connectivity index (χ2v) is 10.6. The summed E-state index contributed by atoms with van der Waals surface area (Å²) in [5, 5.41) is 10.4. The molecule has 0 radical (unpaired) electrons. The molecular weight excluding hydrogens is 456 g/mol. The van der Waals surface area contributed by atoms with E-state index in [2.05, 4.69) is 30.8 Å². The van der Waals surface area contributed by atoms with Crippen LogP contribution in [0.3, 0.4) is 0 Å². The van der Waals surface area contributed by atoms with Crippen LogP contribution in [0.4, 0.5) is 0 Å². The Labute approximate surface area is 210 Å². The summed E-state index contributed by atoms with van der Waals surface area (Å²) in [4.78, 5) is 20.6. The summed E-state index contributed by atoms with van der Waals surface area (Å²) in [7, 11) is 0. The number of likely N-dealkylation sites (tertiary alicyclic amines) is 1. The van der Waals surface area contributed by atoms with E-state index in [1.54, 1.807) is 28.9 Å². The number of oxazole rings is 1. The van der Waals surface area contributed by atoms with Gasteiger partial charge in [-0.15, -0.1) is 18.2 Å². The zero-order valence-electron chi connectivity index (χ0n) is 20.1. The molecule has 2 aromatic carbocycles. The number of benzene rings is 2. The number of hydrogen-bond acceptors (Lipinski definition) is 6. The molecule has 0 aliphatic carbocycles. The third kappa shape index (κ3) is 5.12. The van der Waals surface area contributed by atoms with Crippen LogP contribution in [0.5, 0.6) is 0 Å². The van der Waals surface area contributed by atoms with Gasteiger partial charge in [0.2, 0.25) is 5.89 Å². The average Bonchev–Trinajstić information content (AvgIpc) is 3.53. The van der Waals surface area contributed by atoms with Crippen molar-refractivity contribution in [2.24, 2.45) is 5.73 Å². The maximum atomic E-state index is 13.6. The second-order valence-electron chi connectivity index (χ2n) is 8.94. The quantitative estimate of drug-likeness (QED) is 0.359. The highest BCUT2D eigenvalue weighted by Crippen LogP contribution is 2.36. The summed E-state index contributed by atoms with van der Waals surface area (Å²) < 4.78 is 5.89. The normalized spacial score (nSPS) is 16.2. The lowest BCUT2D eigenvalue weighted by molar-refractivity contribution is 0.0766. The van der Waals surface area contributed by atoms with Gasteiger partial charge >= 0.3 is 0 Å². The van der Waals surface area contributed by atoms with E-state index in [0.29, 0.717) is 40.1 Å². The van der Waals surface area contributed by atoms with Crippen molar-refractivity contribution in [2.75, 3.05) is 6.54 Å². The van der Waals surface area contributed by atoms with Crippen molar-refractivity contribution >= 4 is 17.7 Å². The topological polar surface area (TPSA) is 96.2 Å². The molecule has 1 aliphatic rings. The predicted octanol–water partition coefficient (Wildman–Crippen LogP) is 5.64. The van der Waals surface area contributed by atoms with Gasteiger partial charge in [0, 0.05) is 33.4 Å². The SMILES string of the molecule is C#CC1CCCN1C(=O)c1cc(-c2ncc(C(C)N)o2)cc(-c2cccc(SC(C)C)c2C#N)c1. The molecule has 2 atom stereocenters. The van der Waals surface area contributed by atoms with Gasteiger partial charge in [0.05, 0.1) is 23.8 Å². The maximum absolute atomic E-state index is 13.6. The van der Waals surface area contributed by atoms with Gasteiger partial charge in [0.1, 0.15) is 11.8 Å². The molecule has 4 rings (SSSR count). The third-order valence-electron chi connectivity index (χ3n) is 5.92. The summed E-state index contributed by atoms with van der Waals surface area (Å²) in [6, 6.07) is 13.1. The largest absolute Gasteiger partial charge is 0.440 e. The number of carbonyl (C=O) groups excluding carboxylic acids is 1. The number of nitrogens with zero attached hydrogens (tertiary/aromatic N) is 3. The summed E-state index contributed by atoms with van der Waals surface area (Å²) in [6.07, 6.45) is 8.95. The van der Waals surface area contributed by atoms with E-state index in [0.717, 1.165) is 28.9 Å². The van der Waals surface area contributed by atoms with E-state index in [4.69, 9.17) is 16.6 Å². The minimum atomic E-state index is -0.309. The summed E-state index contributed by atoms with van der Waals surface area (Å²) in [5.74, 6) is 3.52. The highest BCUT2D eigenvalue weighted by atomic mass is 32.2. The smallest absolute Gasteiger partial charge is 0.254 e. The highest BCUT2D eigenvalue weighted by molar-refractivity contribution is 8.00. The Bertz CT molecular complexity index is 1330. The molecule has 1 amide bonds. The van der Waals surface area contributed by atoms with E-state index in [1.807, 2.05) is 37.3 Å². The van der Waals surface area contributed by atoms with Crippen LogP contribution in [0.15, 0.2) is 51.9 Å². The van der Waals surface area contributed by atoms with Crippen molar-refractivity contribution in [3.63, 3.8) is 0 Å². The van der Waals surface area contributed by atoms with Crippen LogP contribution in [0.2, 0.25) is 0 Å². The summed E-state index contributed by atoms with van der Waals surface area (Å²) >= 11 is 1.64. The standard InChI is InChI=1S/C28H28N4O2S/c1-5-22-8-7-11-32(22)28(33)21-13-19(12-20(14-21)27-31-16-25(34-27)18(4)30)23-9-6-10-26(24(23)15-29)35-17(2)3/h1,6,9-10,12-14,16-18,22H,7-8,11,30H2,2-4H3. The Morgan fingerprint density at radius 2 is 2.06 bits per heavy atom. The van der Waals surface area contributed by atoms with Gasteiger partial charge in [-0.2, -0.15) is 5.26 Å². The molecule has 2 unspecified atom stereocenters. The van der Waals surface area contributed by atoms with Crippen LogP contribution >= 0.6 is 11.8 Å². The molecule has 2 heterocycles. The number of terminal acetylenes is 1. The Morgan fingerprint density at radius 3 is 2.71 bits per heavy atom. The Hall–Kier alpha value is -3.52. The van der Waals surface area contributed by atoms with Crippen molar-refractivity contribution in [2.45, 2.75) is 55.8 Å². The number of aromatic nitrogens is 1. The number of hydrogen-bond donors (Lipinski definition) is 1. The minimum absolute atomic E-state index is 0.140. The van der Waals surface area contributed by atoms with Crippen molar-refractivity contribution < 1.29 is 9.21 Å². The molecule has 1 saturated heterocycles. The molecule has 2 N–H and O–H groups in total. The second kappa shape index (κ2) is 10.4. The zero-order chi connectivity index (χ0) is 25.1. The number of nitrogens with two attached hydrogens (primary N) is 1. The Morgan fingerprint density at radius 1 is 1.29 bits per heavy atom. The summed E-state index contributed by atoms with van der Waals surface area (Å²) in [5.41, 5.74) is 9.15. The molecular formula is C28H28N4O2S. The van der Waals surface area contributed by atoms with Gasteiger partial charge in [-0.05, 0) is 49.6 Å². The molecule has 0 saturated carbocycles. The van der Waals surface area contributed by atoms with Gasteiger partial charge < -0.3 is 15.1 Å². The predicted molar refractivity (Wildman–Crippen MR) is 139 cm³/mol. The van der Waals surface area contributed by atoms with Crippen molar-refractivity contribution in [1.29, 1.82) is 5.26 Å². The lowest BCUT2D eigenvalue weighted by atomic mass is 9.95. The van der Waals surface area contributed by atoms with Crippen molar-refractivity contribution in [1.82, 2.24) is 9.88 Å². The van der Waals surface area contributed by atoms with Crippen molar-refractivity contribution in [3.05, 3.63) is 59.5 Å². The monoisotopic (exact) mass is 484 g/mol. The molecule has 3 aromatic rings. The first-order valence-corrected chi connectivity index (χ1v) is 12.5. The van der Waals surface area contributed by atoms with E-state index >= 15 is 0 Å². The molecule has 0 bridgehead atoms. The van der Waals surface area contributed by atoms with E-state index in [-0.39, 0.29) is 18.0 Å². The molecule has 35 heavy (non-hydrogen) atoms. The fourth-order valence-corrected chi connectivity index (χ4v) is 5.19. The molecule has 1 aliphatic heterocycles. The van der Waals surface area contributed by atoms with Gasteiger partial charge in [0.25, 0.3) is 5.91 Å². The zero-order valence-corrected chi connectivity index (χ0v) is 20.9. The number of amides is 1. The van der Waals surface area contributed by atoms with E-state index in [9.17, 15) is 10.1 Å². The van der Waals surface area contributed by atoms with Gasteiger partial charge in [-0.3, -0.25) is 4.79 Å². The van der Waals surface area contributed by atoms with Gasteiger partial charge in [0.15, 0.2) is 0 Å². The first-order chi connectivity index (χ1) is 16.8. The Kier molecular flexibility index (Phi) is 7.31. The number of carbonyl (C=O) groups is 1. The lowest BCUT2D eigenvalue weighted by Crippen LogP contribution is -2.34. The lowest BCUT2D eigenvalue weighted by Gasteiger charge is -2.21. The fourth-order valence-electron chi connectivity index (χ4n) is 4.25. The summed E-state index contributed by atoms with van der Waals surface area (Å²) in [6.45, 7) is 6.62. The molecule has 1 fully saturated rings. The number of nitriles is 1. The number of rotatable bonds is 6. The molecule has 1 aromatic heterocycles. The minimum Gasteiger partial charge on any atom is -0.440 e. The maximum Gasteiger partial charge on any atom is 0.254 e. The van der Waals surface area contributed by atoms with Crippen LogP contribution in [0, 0.1) is 23.7 Å². The van der Waals surface area contributed by atoms with Gasteiger partial charge in [-0.1, -0.05) is 31.9 Å². The van der Waals surface area contributed by atoms with Crippen LogP contribution in [0.1, 0.15) is 61.3 Å². The van der Waals surface area contributed by atoms with Crippen LogP contribution < -0.4 is 5.73 Å². The Balaban J connectivity index is 1.88. The third-order valence-corrected chi connectivity index (χ3v) is 6.98. The first-order valence-electron chi connectivity index (χ1n) is 11.7. The fraction of sp³-hybridized carbons (Fsp3) is 0.321. The highest BCUT2D eigenvalue weighted by Gasteiger charge is 2.29.